The Kier molecular flexibility index (Phi) is 24.7. The normalized spacial score (nSPS) is 11.9. The molecule has 80 heavy (non-hydrogen) atoms. The van der Waals surface area contributed by atoms with Crippen LogP contribution in [-0.2, 0) is 29.5 Å². The Labute approximate surface area is 472 Å². The van der Waals surface area contributed by atoms with Crippen molar-refractivity contribution in [3.63, 3.8) is 0 Å². The number of aromatic amines is 1. The number of hydrogen-bond donors (Lipinski definition) is 1. The van der Waals surface area contributed by atoms with Gasteiger partial charge in [-0.25, -0.2) is 29.9 Å². The number of anilines is 1. The number of para-hydroxylation sites is 4. The van der Waals surface area contributed by atoms with Crippen LogP contribution in [0.25, 0.3) is 33.0 Å². The minimum Gasteiger partial charge on any atom is -0.374 e. The SMILES string of the molecule is CC.CC.CC(C)(C)c1nc2ccccc2[nH]1.CC(C)(C)n1cnc2ccccc2c1=O.CC(C)(C)n1cnc2cccnc2c1=O.CN1CCc2ccccc21.CN1Cc2ccccc2C1=O.c1ccncc1.c1cncnc1. The number of imidazole rings is 1. The molecule has 2 aliphatic rings. The smallest absolute Gasteiger partial charge is 0.280 e. The summed E-state index contributed by atoms with van der Waals surface area (Å²) in [5, 5.41) is 0.676. The molecule has 0 bridgehead atoms. The second-order valence-electron chi connectivity index (χ2n) is 21.0. The van der Waals surface area contributed by atoms with E-state index >= 15 is 0 Å². The van der Waals surface area contributed by atoms with Gasteiger partial charge in [-0.3, -0.25) is 28.5 Å². The predicted octanol–water partition coefficient (Wildman–Crippen LogP) is 13.1. The van der Waals surface area contributed by atoms with E-state index in [0.29, 0.717) is 16.4 Å². The predicted molar refractivity (Wildman–Crippen MR) is 329 cm³/mol. The van der Waals surface area contributed by atoms with Crippen molar-refractivity contribution in [3.8, 4) is 0 Å². The first kappa shape index (κ1) is 63.8. The van der Waals surface area contributed by atoms with Crippen LogP contribution in [-0.4, -0.2) is 80.5 Å². The number of pyridine rings is 2. The van der Waals surface area contributed by atoms with Gasteiger partial charge >= 0.3 is 0 Å². The molecule has 0 fully saturated rings. The van der Waals surface area contributed by atoms with Crippen LogP contribution in [0.5, 0.6) is 0 Å². The molecule has 0 spiro atoms. The summed E-state index contributed by atoms with van der Waals surface area (Å²) in [4.78, 5) is 71.0. The van der Waals surface area contributed by atoms with E-state index in [-0.39, 0.29) is 33.5 Å². The molecule has 420 valence electrons. The lowest BCUT2D eigenvalue weighted by atomic mass is 9.96. The van der Waals surface area contributed by atoms with Crippen molar-refractivity contribution in [1.29, 1.82) is 0 Å². The van der Waals surface area contributed by atoms with Crippen LogP contribution >= 0.6 is 0 Å². The Balaban J connectivity index is 0.000000203. The van der Waals surface area contributed by atoms with Gasteiger partial charge in [-0.2, -0.15) is 0 Å². The summed E-state index contributed by atoms with van der Waals surface area (Å²) in [6.45, 7) is 28.3. The zero-order chi connectivity index (χ0) is 58.9. The van der Waals surface area contributed by atoms with E-state index in [4.69, 9.17) is 0 Å². The number of amides is 1. The van der Waals surface area contributed by atoms with Crippen LogP contribution in [0.3, 0.4) is 0 Å². The van der Waals surface area contributed by atoms with E-state index in [2.05, 4.69) is 103 Å². The molecule has 0 aliphatic carbocycles. The fourth-order valence-electron chi connectivity index (χ4n) is 7.75. The van der Waals surface area contributed by atoms with Crippen molar-refractivity contribution in [3.05, 3.63) is 227 Å². The van der Waals surface area contributed by atoms with Gasteiger partial charge in [0, 0.05) is 85.9 Å². The third kappa shape index (κ3) is 18.7. The highest BCUT2D eigenvalue weighted by molar-refractivity contribution is 5.98. The Hall–Kier alpha value is -8.72. The number of benzene rings is 4. The number of hydrogen-bond acceptors (Lipinski definition) is 11. The van der Waals surface area contributed by atoms with Gasteiger partial charge in [0.25, 0.3) is 17.0 Å². The first-order valence-electron chi connectivity index (χ1n) is 27.2. The van der Waals surface area contributed by atoms with Gasteiger partial charge in [-0.1, -0.05) is 115 Å². The van der Waals surface area contributed by atoms with Gasteiger partial charge in [-0.15, -0.1) is 0 Å². The topological polar surface area (TPSA) is 174 Å². The maximum Gasteiger partial charge on any atom is 0.280 e. The lowest BCUT2D eigenvalue weighted by Gasteiger charge is -2.21. The Bertz CT molecular complexity index is 3320. The quantitative estimate of drug-likeness (QED) is 0.153. The van der Waals surface area contributed by atoms with E-state index < -0.39 is 0 Å². The second-order valence-corrected chi connectivity index (χ2v) is 21.0. The third-order valence-corrected chi connectivity index (χ3v) is 11.9. The number of carbonyl (C=O) groups is 1. The van der Waals surface area contributed by atoms with E-state index in [0.717, 1.165) is 40.0 Å². The van der Waals surface area contributed by atoms with Crippen LogP contribution in [0.1, 0.15) is 117 Å². The number of aromatic nitrogens is 10. The molecule has 0 radical (unpaired) electrons. The van der Waals surface area contributed by atoms with Crippen LogP contribution < -0.4 is 16.0 Å². The number of nitrogens with zero attached hydrogens (tertiary/aromatic N) is 11. The maximum absolute atomic E-state index is 12.1. The van der Waals surface area contributed by atoms with Crippen LogP contribution in [0, 0.1) is 0 Å². The lowest BCUT2D eigenvalue weighted by Crippen LogP contribution is -2.34. The molecule has 0 saturated heterocycles. The van der Waals surface area contributed by atoms with Crippen molar-refractivity contribution in [2.45, 2.75) is 119 Å². The van der Waals surface area contributed by atoms with Crippen molar-refractivity contribution in [2.24, 2.45) is 0 Å². The fraction of sp³-hybridized carbons (Fsp3) is 0.323. The van der Waals surface area contributed by atoms with Gasteiger partial charge in [0.2, 0.25) is 0 Å². The molecule has 10 aromatic rings. The Morgan fingerprint density at radius 2 is 1.02 bits per heavy atom. The Morgan fingerprint density at radius 3 is 1.56 bits per heavy atom. The summed E-state index contributed by atoms with van der Waals surface area (Å²) >= 11 is 0. The molecule has 0 saturated carbocycles. The van der Waals surface area contributed by atoms with Crippen LogP contribution in [0.2, 0.25) is 0 Å². The molecule has 6 aromatic heterocycles. The average molecular weight is 1080 g/mol. The van der Waals surface area contributed by atoms with Gasteiger partial charge in [-0.05, 0) is 126 Å². The number of carbonyl (C=O) groups excluding carboxylic acids is 1. The highest BCUT2D eigenvalue weighted by Gasteiger charge is 2.23. The molecule has 1 amide bonds. The first-order valence-corrected chi connectivity index (χ1v) is 27.2. The summed E-state index contributed by atoms with van der Waals surface area (Å²) < 4.78 is 3.26. The lowest BCUT2D eigenvalue weighted by molar-refractivity contribution is 0.0816. The largest absolute Gasteiger partial charge is 0.374 e. The molecule has 2 aliphatic heterocycles. The molecule has 12 rings (SSSR count). The first-order chi connectivity index (χ1) is 38.2. The van der Waals surface area contributed by atoms with E-state index in [1.165, 1.54) is 30.5 Å². The second kappa shape index (κ2) is 31.0. The third-order valence-electron chi connectivity index (χ3n) is 11.9. The average Bonchev–Trinajstić information content (AvgIpc) is 4.20. The fourth-order valence-corrected chi connectivity index (χ4v) is 7.75. The monoisotopic (exact) mass is 1080 g/mol. The number of fused-ring (bicyclic) bond motifs is 5. The minimum atomic E-state index is -0.268. The summed E-state index contributed by atoms with van der Waals surface area (Å²) in [7, 11) is 3.97. The molecule has 8 heterocycles. The number of H-pyrrole nitrogens is 1. The van der Waals surface area contributed by atoms with Gasteiger partial charge in [0.1, 0.15) is 12.2 Å². The molecular weight excluding hydrogens is 997 g/mol. The van der Waals surface area contributed by atoms with Gasteiger partial charge in [0.05, 0.1) is 40.1 Å². The van der Waals surface area contributed by atoms with E-state index in [1.807, 2.05) is 161 Å². The van der Waals surface area contributed by atoms with Crippen LogP contribution in [0.15, 0.2) is 193 Å². The molecule has 0 unspecified atom stereocenters. The van der Waals surface area contributed by atoms with Crippen LogP contribution in [0.4, 0.5) is 5.69 Å². The van der Waals surface area contributed by atoms with Crippen molar-refractivity contribution < 1.29 is 4.79 Å². The van der Waals surface area contributed by atoms with Gasteiger partial charge in [0.15, 0.2) is 5.52 Å². The van der Waals surface area contributed by atoms with E-state index in [1.54, 1.807) is 75.9 Å². The standard InChI is InChI=1S/C12H14N2O.C11H13N3O.C11H14N2.C9H9NO.C9H11N.C5H5N.C4H4N2.2C2H6/c1-12(2,3)14-8-13-10-7-5-4-6-9(10)11(14)15;1-11(2,3)14-7-13-8-5-4-6-12-9(8)10(14)15;1-11(2,3)10-12-8-6-4-5-7-9(8)13-10;1-10-6-7-4-2-3-5-8(7)9(10)11;1-10-7-6-8-4-2-3-5-9(8)10;1-2-4-6-5-3-1;1-2-5-4-6-3-1;2*1-2/h4-8H,1-3H3;4-7H,1-3H3;4-7H,1-3H3,(H,12,13);2-5H,6H2,1H3;2-5H,6-7H2,1H3;1-5H;1-4H;2*1-2H3. The summed E-state index contributed by atoms with van der Waals surface area (Å²) in [6, 6.07) is 42.9. The summed E-state index contributed by atoms with van der Waals surface area (Å²) in [6.07, 6.45) is 14.4. The molecule has 1 N–H and O–H groups in total. The molecule has 15 heteroatoms. The summed E-state index contributed by atoms with van der Waals surface area (Å²) in [5.41, 5.74) is 8.41. The zero-order valence-electron chi connectivity index (χ0n) is 49.6. The number of rotatable bonds is 0. The molecular formula is C65H82N12O3. The number of nitrogens with one attached hydrogen (secondary N) is 1. The highest BCUT2D eigenvalue weighted by atomic mass is 16.2. The minimum absolute atomic E-state index is 0.0214. The zero-order valence-corrected chi connectivity index (χ0v) is 49.6. The highest BCUT2D eigenvalue weighted by Crippen LogP contribution is 2.26. The maximum atomic E-state index is 12.1. The summed E-state index contributed by atoms with van der Waals surface area (Å²) in [5.74, 6) is 1.19. The Morgan fingerprint density at radius 1 is 0.487 bits per heavy atom. The van der Waals surface area contributed by atoms with Crippen molar-refractivity contribution >= 4 is 44.6 Å². The molecule has 4 aromatic carbocycles. The van der Waals surface area contributed by atoms with E-state index in [9.17, 15) is 14.4 Å². The van der Waals surface area contributed by atoms with Crippen molar-refractivity contribution in [2.75, 3.05) is 25.5 Å². The van der Waals surface area contributed by atoms with Crippen molar-refractivity contribution in [1.82, 2.24) is 53.9 Å². The van der Waals surface area contributed by atoms with Gasteiger partial charge < -0.3 is 14.8 Å². The molecule has 0 atom stereocenters. The molecule has 15 nitrogen and oxygen atoms in total. The number of likely N-dealkylation sites (N-methyl/N-ethyl adjacent to an activating group) is 1.